The molecule has 2 rings (SSSR count). The molecule has 150 valence electrons. The molecule has 6 nitrogen and oxygen atoms in total. The maximum absolute atomic E-state index is 12.3. The van der Waals surface area contributed by atoms with Gasteiger partial charge in [-0.1, -0.05) is 13.8 Å². The maximum Gasteiger partial charge on any atom is 0.220 e. The monoisotopic (exact) mass is 368 g/mol. The lowest BCUT2D eigenvalue weighted by Gasteiger charge is -2.50. The van der Waals surface area contributed by atoms with Gasteiger partial charge in [0.15, 0.2) is 0 Å². The zero-order valence-corrected chi connectivity index (χ0v) is 17.0. The Morgan fingerprint density at radius 3 is 2.50 bits per heavy atom. The van der Waals surface area contributed by atoms with E-state index in [1.807, 2.05) is 6.92 Å². The van der Waals surface area contributed by atoms with Gasteiger partial charge >= 0.3 is 0 Å². The third kappa shape index (κ3) is 4.58. The fourth-order valence-corrected chi connectivity index (χ4v) is 5.41. The second kappa shape index (κ2) is 7.85. The van der Waals surface area contributed by atoms with Gasteiger partial charge in [-0.25, -0.2) is 0 Å². The second-order valence-electron chi connectivity index (χ2n) is 9.28. The van der Waals surface area contributed by atoms with Crippen LogP contribution < -0.4 is 10.6 Å². The zero-order chi connectivity index (χ0) is 19.6. The van der Waals surface area contributed by atoms with Gasteiger partial charge in [-0.15, -0.1) is 0 Å². The lowest BCUT2D eigenvalue weighted by Crippen LogP contribution is -2.52. The fraction of sp³-hybridized carbons (Fsp3) is 0.900. The second-order valence-corrected chi connectivity index (χ2v) is 9.28. The minimum Gasteiger partial charge on any atom is -0.390 e. The van der Waals surface area contributed by atoms with Gasteiger partial charge in [-0.2, -0.15) is 0 Å². The SMILES string of the molecule is COCCNC(=O)CCC12CCC(C)(O)CC1C(C)(C)CC2NC(C)=O. The van der Waals surface area contributed by atoms with Gasteiger partial charge < -0.3 is 20.5 Å². The van der Waals surface area contributed by atoms with E-state index in [9.17, 15) is 14.7 Å². The Morgan fingerprint density at radius 1 is 1.19 bits per heavy atom. The average Bonchev–Trinajstić information content (AvgIpc) is 2.72. The lowest BCUT2D eigenvalue weighted by atomic mass is 9.57. The first-order valence-corrected chi connectivity index (χ1v) is 9.77. The van der Waals surface area contributed by atoms with Crippen LogP contribution in [0.3, 0.4) is 0 Å². The van der Waals surface area contributed by atoms with E-state index in [2.05, 4.69) is 24.5 Å². The summed E-state index contributed by atoms with van der Waals surface area (Å²) in [6, 6.07) is 0.0582. The van der Waals surface area contributed by atoms with Crippen LogP contribution in [0.25, 0.3) is 0 Å². The van der Waals surface area contributed by atoms with Crippen LogP contribution in [0.1, 0.15) is 66.2 Å². The number of carbonyl (C=O) groups is 2. The van der Waals surface area contributed by atoms with Crippen molar-refractivity contribution in [3.05, 3.63) is 0 Å². The molecule has 0 spiro atoms. The van der Waals surface area contributed by atoms with Crippen molar-refractivity contribution < 1.29 is 19.4 Å². The molecular weight excluding hydrogens is 332 g/mol. The number of rotatable bonds is 7. The third-order valence-corrected chi connectivity index (χ3v) is 6.66. The molecule has 2 fully saturated rings. The summed E-state index contributed by atoms with van der Waals surface area (Å²) >= 11 is 0. The lowest BCUT2D eigenvalue weighted by molar-refractivity contribution is -0.124. The van der Waals surface area contributed by atoms with Crippen molar-refractivity contribution in [3.8, 4) is 0 Å². The number of amides is 2. The van der Waals surface area contributed by atoms with Crippen LogP contribution >= 0.6 is 0 Å². The molecule has 0 bridgehead atoms. The molecule has 26 heavy (non-hydrogen) atoms. The molecule has 0 saturated heterocycles. The van der Waals surface area contributed by atoms with Crippen LogP contribution in [0, 0.1) is 16.7 Å². The summed E-state index contributed by atoms with van der Waals surface area (Å²) in [6.45, 7) is 8.95. The summed E-state index contributed by atoms with van der Waals surface area (Å²) in [5, 5.41) is 16.7. The predicted molar refractivity (Wildman–Crippen MR) is 101 cm³/mol. The van der Waals surface area contributed by atoms with Crippen LogP contribution in [-0.2, 0) is 14.3 Å². The number of methoxy groups -OCH3 is 1. The van der Waals surface area contributed by atoms with Gasteiger partial charge in [0.25, 0.3) is 0 Å². The highest BCUT2D eigenvalue weighted by atomic mass is 16.5. The summed E-state index contributed by atoms with van der Waals surface area (Å²) in [4.78, 5) is 24.1. The highest BCUT2D eigenvalue weighted by molar-refractivity contribution is 5.76. The molecule has 2 aliphatic carbocycles. The summed E-state index contributed by atoms with van der Waals surface area (Å²) < 4.78 is 4.98. The molecule has 2 saturated carbocycles. The molecule has 0 aliphatic heterocycles. The topological polar surface area (TPSA) is 87.7 Å². The molecule has 0 heterocycles. The fourth-order valence-electron chi connectivity index (χ4n) is 5.41. The maximum atomic E-state index is 12.3. The van der Waals surface area contributed by atoms with E-state index >= 15 is 0 Å². The van der Waals surface area contributed by atoms with Crippen molar-refractivity contribution in [2.24, 2.45) is 16.7 Å². The van der Waals surface area contributed by atoms with Crippen LogP contribution in [0.2, 0.25) is 0 Å². The van der Waals surface area contributed by atoms with Gasteiger partial charge in [0.1, 0.15) is 0 Å². The molecule has 2 amide bonds. The number of nitrogens with one attached hydrogen (secondary N) is 2. The standard InChI is InChI=1S/C20H36N2O4/c1-14(23)22-16-13-18(2,3)15-12-19(4,25)8-9-20(15,16)7-6-17(24)21-10-11-26-5/h15-16,25H,6-13H2,1-5H3,(H,21,24)(H,22,23). The Hall–Kier alpha value is -1.14. The van der Waals surface area contributed by atoms with E-state index in [0.29, 0.717) is 26.0 Å². The molecule has 4 atom stereocenters. The predicted octanol–water partition coefficient (Wildman–Crippen LogP) is 2.00. The molecular formula is C20H36N2O4. The van der Waals surface area contributed by atoms with Gasteiger partial charge in [-0.05, 0) is 55.8 Å². The van der Waals surface area contributed by atoms with Crippen LogP contribution in [0.4, 0.5) is 0 Å². The van der Waals surface area contributed by atoms with E-state index in [1.54, 1.807) is 14.0 Å². The first-order chi connectivity index (χ1) is 12.0. The Bertz CT molecular complexity index is 532. The van der Waals surface area contributed by atoms with Crippen molar-refractivity contribution in [3.63, 3.8) is 0 Å². The molecule has 6 heteroatoms. The molecule has 2 aliphatic rings. The Labute approximate surface area is 157 Å². The van der Waals surface area contributed by atoms with Crippen molar-refractivity contribution >= 4 is 11.8 Å². The molecule has 0 aromatic heterocycles. The van der Waals surface area contributed by atoms with E-state index in [-0.39, 0.29) is 34.6 Å². The number of fused-ring (bicyclic) bond motifs is 1. The summed E-state index contributed by atoms with van der Waals surface area (Å²) in [7, 11) is 1.61. The van der Waals surface area contributed by atoms with Crippen molar-refractivity contribution in [2.45, 2.75) is 77.9 Å². The third-order valence-electron chi connectivity index (χ3n) is 6.66. The minimum atomic E-state index is -0.669. The number of ether oxygens (including phenoxy) is 1. The normalized spacial score (nSPS) is 35.6. The largest absolute Gasteiger partial charge is 0.390 e. The highest BCUT2D eigenvalue weighted by Gasteiger charge is 2.61. The molecule has 0 radical (unpaired) electrons. The minimum absolute atomic E-state index is 0.0179. The summed E-state index contributed by atoms with van der Waals surface area (Å²) in [5.74, 6) is 0.286. The first kappa shape index (κ1) is 21.2. The number of aliphatic hydroxyl groups is 1. The van der Waals surface area contributed by atoms with Gasteiger partial charge in [0.05, 0.1) is 12.2 Å². The van der Waals surface area contributed by atoms with Gasteiger partial charge in [-0.3, -0.25) is 9.59 Å². The van der Waals surface area contributed by atoms with E-state index in [0.717, 1.165) is 25.7 Å². The van der Waals surface area contributed by atoms with Gasteiger partial charge in [0.2, 0.25) is 11.8 Å². The average molecular weight is 369 g/mol. The molecule has 4 unspecified atom stereocenters. The van der Waals surface area contributed by atoms with Crippen LogP contribution in [-0.4, -0.2) is 48.8 Å². The molecule has 0 aromatic carbocycles. The smallest absolute Gasteiger partial charge is 0.220 e. The highest BCUT2D eigenvalue weighted by Crippen LogP contribution is 2.63. The summed E-state index contributed by atoms with van der Waals surface area (Å²) in [5.41, 5.74) is -0.780. The van der Waals surface area contributed by atoms with E-state index in [1.165, 1.54) is 0 Å². The van der Waals surface area contributed by atoms with E-state index < -0.39 is 5.60 Å². The summed E-state index contributed by atoms with van der Waals surface area (Å²) in [6.07, 6.45) is 4.33. The van der Waals surface area contributed by atoms with Crippen molar-refractivity contribution in [2.75, 3.05) is 20.3 Å². The zero-order valence-electron chi connectivity index (χ0n) is 17.0. The molecule has 3 N–H and O–H groups in total. The first-order valence-electron chi connectivity index (χ1n) is 9.77. The van der Waals surface area contributed by atoms with Crippen LogP contribution in [0.5, 0.6) is 0 Å². The van der Waals surface area contributed by atoms with Crippen LogP contribution in [0.15, 0.2) is 0 Å². The van der Waals surface area contributed by atoms with Crippen molar-refractivity contribution in [1.29, 1.82) is 0 Å². The number of hydrogen-bond acceptors (Lipinski definition) is 4. The Kier molecular flexibility index (Phi) is 6.39. The van der Waals surface area contributed by atoms with E-state index in [4.69, 9.17) is 4.74 Å². The molecule has 0 aromatic rings. The van der Waals surface area contributed by atoms with Crippen molar-refractivity contribution in [1.82, 2.24) is 10.6 Å². The Balaban J connectivity index is 2.19. The number of hydrogen-bond donors (Lipinski definition) is 3. The Morgan fingerprint density at radius 2 is 1.88 bits per heavy atom. The van der Waals surface area contributed by atoms with Gasteiger partial charge in [0, 0.05) is 33.0 Å². The number of carbonyl (C=O) groups excluding carboxylic acids is 2. The quantitative estimate of drug-likeness (QED) is 0.600.